The van der Waals surface area contributed by atoms with Crippen molar-refractivity contribution in [2.45, 2.75) is 0 Å². The number of amides is 2. The van der Waals surface area contributed by atoms with E-state index in [1.54, 1.807) is 0 Å². The zero-order valence-electron chi connectivity index (χ0n) is 9.14. The van der Waals surface area contributed by atoms with Gasteiger partial charge in [0.1, 0.15) is 5.69 Å². The highest BCUT2D eigenvalue weighted by Gasteiger charge is 2.18. The minimum atomic E-state index is -1.00. The monoisotopic (exact) mass is 303 g/mol. The average molecular weight is 304 g/mol. The van der Waals surface area contributed by atoms with Crippen molar-refractivity contribution in [2.24, 2.45) is 5.73 Å². The summed E-state index contributed by atoms with van der Waals surface area (Å²) in [5, 5.41) is 0.987. The van der Waals surface area contributed by atoms with Crippen LogP contribution in [-0.2, 0) is 4.84 Å². The van der Waals surface area contributed by atoms with Gasteiger partial charge in [0.25, 0.3) is 5.91 Å². The van der Waals surface area contributed by atoms with Crippen molar-refractivity contribution in [3.8, 4) is 5.88 Å². The zero-order chi connectivity index (χ0) is 13.0. The smallest absolute Gasteiger partial charge is 0.391 e. The number of nitrogens with two attached hydrogens (primary N) is 1. The van der Waals surface area contributed by atoms with E-state index in [9.17, 15) is 9.59 Å². The first-order valence-corrected chi connectivity index (χ1v) is 5.21. The second kappa shape index (κ2) is 5.60. The van der Waals surface area contributed by atoms with Crippen LogP contribution >= 0.6 is 15.9 Å². The van der Waals surface area contributed by atoms with Gasteiger partial charge in [-0.05, 0) is 22.0 Å². The third-order valence-corrected chi connectivity index (χ3v) is 2.43. The maximum Gasteiger partial charge on any atom is 0.411 e. The van der Waals surface area contributed by atoms with Gasteiger partial charge >= 0.3 is 6.09 Å². The summed E-state index contributed by atoms with van der Waals surface area (Å²) < 4.78 is 5.02. The van der Waals surface area contributed by atoms with Crippen molar-refractivity contribution in [1.29, 1.82) is 0 Å². The molecule has 0 aliphatic heterocycles. The molecule has 0 saturated carbocycles. The molecule has 17 heavy (non-hydrogen) atoms. The standard InChI is InChI=1S/C9H10BrN3O4/c1-13(16-2)8(14)7-5(10)3-4-6(12-7)17-9(11)15/h3-4H,1-2H3,(H2,11,15). The predicted molar refractivity (Wildman–Crippen MR) is 61.3 cm³/mol. The Hall–Kier alpha value is -1.67. The molecule has 0 saturated heterocycles. The maximum atomic E-state index is 11.8. The summed E-state index contributed by atoms with van der Waals surface area (Å²) in [6.45, 7) is 0. The van der Waals surface area contributed by atoms with Gasteiger partial charge in [0.15, 0.2) is 0 Å². The van der Waals surface area contributed by atoms with E-state index in [0.29, 0.717) is 4.47 Å². The Morgan fingerprint density at radius 2 is 2.12 bits per heavy atom. The van der Waals surface area contributed by atoms with E-state index < -0.39 is 12.0 Å². The Morgan fingerprint density at radius 1 is 1.47 bits per heavy atom. The van der Waals surface area contributed by atoms with Gasteiger partial charge in [-0.2, -0.15) is 0 Å². The average Bonchev–Trinajstić information content (AvgIpc) is 2.29. The topological polar surface area (TPSA) is 94.8 Å². The zero-order valence-corrected chi connectivity index (χ0v) is 10.7. The Bertz CT molecular complexity index is 452. The van der Waals surface area contributed by atoms with Crippen LogP contribution in [0.25, 0.3) is 0 Å². The molecule has 2 amide bonds. The highest BCUT2D eigenvalue weighted by molar-refractivity contribution is 9.10. The number of hydroxylamine groups is 2. The molecule has 2 N–H and O–H groups in total. The summed E-state index contributed by atoms with van der Waals surface area (Å²) in [5.41, 5.74) is 4.89. The molecule has 1 heterocycles. The molecule has 1 aromatic heterocycles. The van der Waals surface area contributed by atoms with Crippen LogP contribution in [0.3, 0.4) is 0 Å². The molecule has 0 atom stereocenters. The molecule has 7 nitrogen and oxygen atoms in total. The van der Waals surface area contributed by atoms with Crippen molar-refractivity contribution >= 4 is 27.9 Å². The lowest BCUT2D eigenvalue weighted by Gasteiger charge is -2.14. The number of hydrogen-bond acceptors (Lipinski definition) is 5. The summed E-state index contributed by atoms with van der Waals surface area (Å²) in [4.78, 5) is 30.9. The minimum Gasteiger partial charge on any atom is -0.391 e. The van der Waals surface area contributed by atoms with Crippen molar-refractivity contribution in [1.82, 2.24) is 10.0 Å². The van der Waals surface area contributed by atoms with Crippen molar-refractivity contribution in [3.63, 3.8) is 0 Å². The third kappa shape index (κ3) is 3.40. The SMILES string of the molecule is CON(C)C(=O)c1nc(OC(N)=O)ccc1Br. The number of rotatable bonds is 3. The Labute approximate surface area is 106 Å². The van der Waals surface area contributed by atoms with Crippen LogP contribution in [0.1, 0.15) is 10.5 Å². The van der Waals surface area contributed by atoms with Crippen molar-refractivity contribution < 1.29 is 19.2 Å². The van der Waals surface area contributed by atoms with Crippen molar-refractivity contribution in [3.05, 3.63) is 22.3 Å². The Morgan fingerprint density at radius 3 is 2.65 bits per heavy atom. The molecule has 0 aliphatic rings. The molecular formula is C9H10BrN3O4. The minimum absolute atomic E-state index is 0.0492. The van der Waals surface area contributed by atoms with E-state index in [1.165, 1.54) is 26.3 Å². The number of pyridine rings is 1. The van der Waals surface area contributed by atoms with Gasteiger partial charge in [-0.3, -0.25) is 9.63 Å². The number of carbonyl (C=O) groups excluding carboxylic acids is 2. The summed E-state index contributed by atoms with van der Waals surface area (Å²) in [6, 6.07) is 2.92. The number of halogens is 1. The van der Waals surface area contributed by atoms with Crippen LogP contribution in [0, 0.1) is 0 Å². The van der Waals surface area contributed by atoms with Gasteiger partial charge in [0.05, 0.1) is 7.11 Å². The molecule has 0 bridgehead atoms. The fraction of sp³-hybridized carbons (Fsp3) is 0.222. The normalized spacial score (nSPS) is 9.82. The fourth-order valence-corrected chi connectivity index (χ4v) is 1.36. The van der Waals surface area contributed by atoms with E-state index in [1.807, 2.05) is 0 Å². The molecule has 0 fully saturated rings. The molecule has 1 aromatic rings. The maximum absolute atomic E-state index is 11.8. The van der Waals surface area contributed by atoms with Gasteiger partial charge < -0.3 is 10.5 Å². The first-order chi connectivity index (χ1) is 7.95. The second-order valence-corrected chi connectivity index (χ2v) is 3.74. The first kappa shape index (κ1) is 13.4. The lowest BCUT2D eigenvalue weighted by Crippen LogP contribution is -2.27. The second-order valence-electron chi connectivity index (χ2n) is 2.89. The molecular weight excluding hydrogens is 294 g/mol. The molecule has 92 valence electrons. The molecule has 0 spiro atoms. The molecule has 8 heteroatoms. The quantitative estimate of drug-likeness (QED) is 0.838. The Balaban J connectivity index is 3.06. The summed E-state index contributed by atoms with van der Waals surface area (Å²) in [6.07, 6.45) is -1.00. The predicted octanol–water partition coefficient (Wildman–Crippen LogP) is 0.935. The number of aromatic nitrogens is 1. The third-order valence-electron chi connectivity index (χ3n) is 1.79. The van der Waals surface area contributed by atoms with Crippen LogP contribution in [0.5, 0.6) is 5.88 Å². The molecule has 0 aliphatic carbocycles. The molecule has 1 rings (SSSR count). The highest BCUT2D eigenvalue weighted by atomic mass is 79.9. The van der Waals surface area contributed by atoms with Crippen LogP contribution in [0.2, 0.25) is 0 Å². The van der Waals surface area contributed by atoms with E-state index >= 15 is 0 Å². The van der Waals surface area contributed by atoms with E-state index in [4.69, 9.17) is 10.6 Å². The first-order valence-electron chi connectivity index (χ1n) is 4.41. The van der Waals surface area contributed by atoms with Crippen molar-refractivity contribution in [2.75, 3.05) is 14.2 Å². The Kier molecular flexibility index (Phi) is 4.41. The fourth-order valence-electron chi connectivity index (χ4n) is 0.966. The van der Waals surface area contributed by atoms with Crippen LogP contribution in [0.15, 0.2) is 16.6 Å². The molecule has 0 unspecified atom stereocenters. The number of primary amides is 1. The summed E-state index contributed by atoms with van der Waals surface area (Å²) >= 11 is 3.16. The molecule has 0 radical (unpaired) electrons. The lowest BCUT2D eigenvalue weighted by atomic mass is 10.3. The van der Waals surface area contributed by atoms with Gasteiger partial charge in [-0.25, -0.2) is 14.8 Å². The van der Waals surface area contributed by atoms with Crippen LogP contribution in [0.4, 0.5) is 4.79 Å². The van der Waals surface area contributed by atoms with Gasteiger partial charge in [-0.15, -0.1) is 0 Å². The van der Waals surface area contributed by atoms with Crippen LogP contribution in [-0.4, -0.2) is 36.2 Å². The summed E-state index contributed by atoms with van der Waals surface area (Å²) in [5.74, 6) is -0.553. The number of hydrogen-bond donors (Lipinski definition) is 1. The largest absolute Gasteiger partial charge is 0.411 e. The van der Waals surface area contributed by atoms with Gasteiger partial charge in [0, 0.05) is 17.6 Å². The lowest BCUT2D eigenvalue weighted by molar-refractivity contribution is -0.0761. The van der Waals surface area contributed by atoms with Gasteiger partial charge in [-0.1, -0.05) is 0 Å². The van der Waals surface area contributed by atoms with E-state index in [-0.39, 0.29) is 11.6 Å². The highest BCUT2D eigenvalue weighted by Crippen LogP contribution is 2.20. The molecule has 0 aromatic carbocycles. The van der Waals surface area contributed by atoms with Crippen LogP contribution < -0.4 is 10.5 Å². The number of nitrogens with zero attached hydrogens (tertiary/aromatic N) is 2. The number of carbonyl (C=O) groups is 2. The van der Waals surface area contributed by atoms with Gasteiger partial charge in [0.2, 0.25) is 5.88 Å². The van der Waals surface area contributed by atoms with E-state index in [2.05, 4.69) is 25.7 Å². The summed E-state index contributed by atoms with van der Waals surface area (Å²) in [7, 11) is 2.77. The van der Waals surface area contributed by atoms with E-state index in [0.717, 1.165) is 5.06 Å². The number of ether oxygens (including phenoxy) is 1.